The van der Waals surface area contributed by atoms with Gasteiger partial charge in [0.2, 0.25) is 0 Å². The Kier molecular flexibility index (Phi) is 3.32. The number of nitrogens with zero attached hydrogens (tertiary/aromatic N) is 4. The van der Waals surface area contributed by atoms with Crippen LogP contribution in [0.5, 0.6) is 0 Å². The molecule has 4 rings (SSSR count). The van der Waals surface area contributed by atoms with Crippen LogP contribution in [0.2, 0.25) is 0 Å². The lowest BCUT2D eigenvalue weighted by Gasteiger charge is -2.07. The van der Waals surface area contributed by atoms with Crippen molar-refractivity contribution in [2.75, 3.05) is 11.5 Å². The van der Waals surface area contributed by atoms with Crippen molar-refractivity contribution < 1.29 is 4.79 Å². The van der Waals surface area contributed by atoms with E-state index in [0.717, 1.165) is 22.2 Å². The van der Waals surface area contributed by atoms with Crippen LogP contribution in [0.4, 0.5) is 11.5 Å². The van der Waals surface area contributed by atoms with E-state index in [4.69, 9.17) is 17.2 Å². The number of benzene rings is 1. The second kappa shape index (κ2) is 5.44. The van der Waals surface area contributed by atoms with E-state index in [0.29, 0.717) is 21.5 Å². The van der Waals surface area contributed by atoms with Gasteiger partial charge >= 0.3 is 0 Å². The molecule has 8 nitrogen and oxygen atoms in total. The zero-order valence-electron chi connectivity index (χ0n) is 13.6. The van der Waals surface area contributed by atoms with E-state index in [9.17, 15) is 10.1 Å². The highest BCUT2D eigenvalue weighted by Gasteiger charge is 2.25. The van der Waals surface area contributed by atoms with Crippen LogP contribution in [0, 0.1) is 11.3 Å². The minimum atomic E-state index is -0.653. The van der Waals surface area contributed by atoms with Gasteiger partial charge < -0.3 is 17.2 Å². The number of primary amides is 1. The van der Waals surface area contributed by atoms with E-state index in [2.05, 4.69) is 16.2 Å². The maximum absolute atomic E-state index is 11.7. The maximum Gasteiger partial charge on any atom is 0.260 e. The largest absolute Gasteiger partial charge is 0.397 e. The molecule has 1 amide bonds. The third-order valence-electron chi connectivity index (χ3n) is 4.23. The summed E-state index contributed by atoms with van der Waals surface area (Å²) in [7, 11) is 1.81. The summed E-state index contributed by atoms with van der Waals surface area (Å²) in [5.41, 5.74) is 19.9. The van der Waals surface area contributed by atoms with E-state index in [1.807, 2.05) is 31.3 Å². The van der Waals surface area contributed by atoms with Crippen LogP contribution in [0.15, 0.2) is 24.3 Å². The molecule has 0 unspecified atom stereocenters. The molecule has 4 aromatic rings. The number of anilines is 2. The normalized spacial score (nSPS) is 11.1. The standard InChI is InChI=1S/C17H13N7OS/c1-24-9-5-3-2-4-7(9)13(23-24)10-8(6-18)15(20)22-17-11(10)12(19)14(26-17)16(21)25/h2-5H,19H2,1H3,(H2,20,22)(H2,21,25). The predicted molar refractivity (Wildman–Crippen MR) is 101 cm³/mol. The van der Waals surface area contributed by atoms with E-state index >= 15 is 0 Å². The fourth-order valence-electron chi connectivity index (χ4n) is 3.10. The monoisotopic (exact) mass is 363 g/mol. The van der Waals surface area contributed by atoms with Crippen molar-refractivity contribution in [3.8, 4) is 17.3 Å². The summed E-state index contributed by atoms with van der Waals surface area (Å²) in [5, 5.41) is 15.6. The summed E-state index contributed by atoms with van der Waals surface area (Å²) in [6.07, 6.45) is 0. The van der Waals surface area contributed by atoms with Crippen LogP contribution >= 0.6 is 11.3 Å². The third kappa shape index (κ3) is 2.03. The van der Waals surface area contributed by atoms with Gasteiger partial charge in [-0.15, -0.1) is 11.3 Å². The number of pyridine rings is 1. The van der Waals surface area contributed by atoms with Crippen molar-refractivity contribution >= 4 is 49.9 Å². The highest BCUT2D eigenvalue weighted by atomic mass is 32.1. The first-order valence-electron chi connectivity index (χ1n) is 7.57. The van der Waals surface area contributed by atoms with Crippen LogP contribution < -0.4 is 17.2 Å². The molecule has 26 heavy (non-hydrogen) atoms. The topological polar surface area (TPSA) is 150 Å². The van der Waals surface area contributed by atoms with Crippen molar-refractivity contribution in [3.63, 3.8) is 0 Å². The summed E-state index contributed by atoms with van der Waals surface area (Å²) in [4.78, 5) is 16.6. The molecule has 9 heteroatoms. The first kappa shape index (κ1) is 15.9. The Morgan fingerprint density at radius 3 is 2.73 bits per heavy atom. The number of hydrogen-bond donors (Lipinski definition) is 3. The molecule has 0 saturated carbocycles. The first-order chi connectivity index (χ1) is 12.4. The SMILES string of the molecule is Cn1nc(-c2c(C#N)c(N)nc3sc(C(N)=O)c(N)c23)c2ccccc21. The Morgan fingerprint density at radius 1 is 1.31 bits per heavy atom. The van der Waals surface area contributed by atoms with Crippen molar-refractivity contribution in [2.45, 2.75) is 0 Å². The lowest BCUT2D eigenvalue weighted by Crippen LogP contribution is -2.10. The average molecular weight is 363 g/mol. The van der Waals surface area contributed by atoms with E-state index < -0.39 is 5.91 Å². The van der Waals surface area contributed by atoms with E-state index in [-0.39, 0.29) is 21.9 Å². The number of carbonyl (C=O) groups excluding carboxylic acids is 1. The van der Waals surface area contributed by atoms with Gasteiger partial charge in [0, 0.05) is 23.4 Å². The van der Waals surface area contributed by atoms with Crippen LogP contribution in [0.25, 0.3) is 32.4 Å². The molecule has 0 bridgehead atoms. The van der Waals surface area contributed by atoms with Crippen LogP contribution in [-0.4, -0.2) is 20.7 Å². The van der Waals surface area contributed by atoms with Gasteiger partial charge in [-0.05, 0) is 6.07 Å². The predicted octanol–water partition coefficient (Wildman–Crippen LogP) is 1.98. The van der Waals surface area contributed by atoms with Crippen molar-refractivity contribution in [3.05, 3.63) is 34.7 Å². The van der Waals surface area contributed by atoms with Crippen molar-refractivity contribution in [1.29, 1.82) is 5.26 Å². The molecule has 0 spiro atoms. The zero-order chi connectivity index (χ0) is 18.6. The number of nitrogen functional groups attached to an aromatic ring is 2. The molecule has 0 atom stereocenters. The Hall–Kier alpha value is -3.64. The zero-order valence-corrected chi connectivity index (χ0v) is 14.5. The van der Waals surface area contributed by atoms with Gasteiger partial charge in [-0.3, -0.25) is 9.48 Å². The lowest BCUT2D eigenvalue weighted by atomic mass is 9.99. The summed E-state index contributed by atoms with van der Waals surface area (Å²) >= 11 is 1.05. The van der Waals surface area contributed by atoms with Gasteiger partial charge in [0.25, 0.3) is 5.91 Å². The van der Waals surface area contributed by atoms with Crippen LogP contribution in [0.1, 0.15) is 15.2 Å². The van der Waals surface area contributed by atoms with Crippen LogP contribution in [0.3, 0.4) is 0 Å². The number of thiophene rings is 1. The molecule has 0 radical (unpaired) electrons. The first-order valence-corrected chi connectivity index (χ1v) is 8.39. The summed E-state index contributed by atoms with van der Waals surface area (Å²) in [6.45, 7) is 0. The van der Waals surface area contributed by atoms with Gasteiger partial charge in [0.05, 0.1) is 11.2 Å². The number of hydrogen-bond acceptors (Lipinski definition) is 7. The fourth-order valence-corrected chi connectivity index (χ4v) is 4.07. The Labute approximate surface area is 151 Å². The highest BCUT2D eigenvalue weighted by molar-refractivity contribution is 7.21. The highest BCUT2D eigenvalue weighted by Crippen LogP contribution is 2.43. The van der Waals surface area contributed by atoms with E-state index in [1.54, 1.807) is 4.68 Å². The van der Waals surface area contributed by atoms with Gasteiger partial charge in [0.1, 0.15) is 32.9 Å². The Balaban J connectivity index is 2.24. The molecule has 0 aliphatic heterocycles. The van der Waals surface area contributed by atoms with Gasteiger partial charge in [0.15, 0.2) is 0 Å². The van der Waals surface area contributed by atoms with Gasteiger partial charge in [-0.1, -0.05) is 18.2 Å². The summed E-state index contributed by atoms with van der Waals surface area (Å²) < 4.78 is 1.71. The molecule has 0 saturated heterocycles. The molecule has 3 heterocycles. The number of nitriles is 1. The number of rotatable bonds is 2. The van der Waals surface area contributed by atoms with Crippen LogP contribution in [-0.2, 0) is 7.05 Å². The Morgan fingerprint density at radius 2 is 2.04 bits per heavy atom. The number of amides is 1. The molecule has 0 aliphatic carbocycles. The number of para-hydroxylation sites is 1. The smallest absolute Gasteiger partial charge is 0.260 e. The number of aromatic nitrogens is 3. The summed E-state index contributed by atoms with van der Waals surface area (Å²) in [5.74, 6) is -0.596. The quantitative estimate of drug-likeness (QED) is 0.495. The molecular weight excluding hydrogens is 350 g/mol. The van der Waals surface area contributed by atoms with Gasteiger partial charge in [-0.25, -0.2) is 4.98 Å². The number of nitrogens with two attached hydrogens (primary N) is 3. The number of carbonyl (C=O) groups is 1. The summed E-state index contributed by atoms with van der Waals surface area (Å²) in [6, 6.07) is 9.70. The molecule has 3 aromatic heterocycles. The molecule has 6 N–H and O–H groups in total. The molecule has 128 valence electrons. The van der Waals surface area contributed by atoms with Crippen molar-refractivity contribution in [1.82, 2.24) is 14.8 Å². The number of aryl methyl sites for hydroxylation is 1. The third-order valence-corrected chi connectivity index (χ3v) is 5.35. The lowest BCUT2D eigenvalue weighted by molar-refractivity contribution is 0.100. The molecule has 0 fully saturated rings. The average Bonchev–Trinajstić information content (AvgIpc) is 3.12. The van der Waals surface area contributed by atoms with Gasteiger partial charge in [-0.2, -0.15) is 10.4 Å². The molecular formula is C17H13N7OS. The fraction of sp³-hybridized carbons (Fsp3) is 0.0588. The molecule has 1 aromatic carbocycles. The van der Waals surface area contributed by atoms with Crippen molar-refractivity contribution in [2.24, 2.45) is 12.8 Å². The minimum Gasteiger partial charge on any atom is -0.397 e. The maximum atomic E-state index is 11.7. The van der Waals surface area contributed by atoms with E-state index in [1.165, 1.54) is 0 Å². The second-order valence-electron chi connectivity index (χ2n) is 5.74. The second-order valence-corrected chi connectivity index (χ2v) is 6.74. The number of fused-ring (bicyclic) bond motifs is 2. The molecule has 0 aliphatic rings. The Bertz CT molecular complexity index is 1260. The minimum absolute atomic E-state index is 0.0574.